The van der Waals surface area contributed by atoms with Gasteiger partial charge in [0.1, 0.15) is 6.61 Å². The SMILES string of the molecule is COCC(NC(=O)c1ccc(Br)c(NC(=O)OCC2c3ccccc3-c3ccccc32)c1)C(=O)O. The van der Waals surface area contributed by atoms with Gasteiger partial charge >= 0.3 is 12.1 Å². The number of methoxy groups -OCH3 is 1. The van der Waals surface area contributed by atoms with E-state index in [2.05, 4.69) is 38.7 Å². The van der Waals surface area contributed by atoms with E-state index in [0.717, 1.165) is 22.3 Å². The van der Waals surface area contributed by atoms with E-state index in [0.29, 0.717) is 10.2 Å². The molecule has 180 valence electrons. The third-order valence-corrected chi connectivity index (χ3v) is 6.44. The minimum Gasteiger partial charge on any atom is -0.480 e. The molecule has 0 fully saturated rings. The van der Waals surface area contributed by atoms with Crippen molar-refractivity contribution >= 4 is 39.6 Å². The second-order valence-corrected chi connectivity index (χ2v) is 8.82. The lowest BCUT2D eigenvalue weighted by Crippen LogP contribution is -2.43. The van der Waals surface area contributed by atoms with Crippen LogP contribution in [0.1, 0.15) is 27.4 Å². The smallest absolute Gasteiger partial charge is 0.411 e. The van der Waals surface area contributed by atoms with Gasteiger partial charge in [-0.15, -0.1) is 0 Å². The molecule has 0 aliphatic heterocycles. The Bertz CT molecular complexity index is 1230. The minimum atomic E-state index is -1.21. The van der Waals surface area contributed by atoms with Crippen molar-refractivity contribution in [2.24, 2.45) is 0 Å². The molecule has 3 aromatic rings. The van der Waals surface area contributed by atoms with Crippen LogP contribution in [0.4, 0.5) is 10.5 Å². The fourth-order valence-electron chi connectivity index (χ4n) is 4.09. The van der Waals surface area contributed by atoms with Crippen LogP contribution < -0.4 is 10.6 Å². The first-order valence-electron chi connectivity index (χ1n) is 10.8. The Labute approximate surface area is 210 Å². The van der Waals surface area contributed by atoms with Gasteiger partial charge in [0.15, 0.2) is 6.04 Å². The van der Waals surface area contributed by atoms with E-state index in [1.54, 1.807) is 6.07 Å². The first kappa shape index (κ1) is 24.4. The molecule has 35 heavy (non-hydrogen) atoms. The number of fused-ring (bicyclic) bond motifs is 3. The number of halogens is 1. The lowest BCUT2D eigenvalue weighted by Gasteiger charge is -2.16. The lowest BCUT2D eigenvalue weighted by atomic mass is 9.98. The van der Waals surface area contributed by atoms with E-state index in [1.165, 1.54) is 19.2 Å². The number of carboxylic acids is 1. The maximum atomic E-state index is 12.6. The third-order valence-electron chi connectivity index (χ3n) is 5.75. The first-order chi connectivity index (χ1) is 16.9. The zero-order chi connectivity index (χ0) is 24.9. The van der Waals surface area contributed by atoms with Crippen LogP contribution in [0.15, 0.2) is 71.2 Å². The molecule has 0 radical (unpaired) electrons. The van der Waals surface area contributed by atoms with E-state index in [1.807, 2.05) is 36.4 Å². The van der Waals surface area contributed by atoms with Crippen molar-refractivity contribution < 1.29 is 29.0 Å². The van der Waals surface area contributed by atoms with E-state index >= 15 is 0 Å². The molecular formula is C26H23BrN2O6. The standard InChI is InChI=1S/C26H23BrN2O6/c1-34-14-23(25(31)32)28-24(30)15-10-11-21(27)22(12-15)29-26(33)35-13-20-18-8-4-2-6-16(18)17-7-3-5-9-19(17)20/h2-12,20,23H,13-14H2,1H3,(H,28,30)(H,29,33)(H,31,32). The predicted octanol–water partition coefficient (Wildman–Crippen LogP) is 4.64. The minimum absolute atomic E-state index is 0.0811. The monoisotopic (exact) mass is 538 g/mol. The second-order valence-electron chi connectivity index (χ2n) is 7.96. The third kappa shape index (κ3) is 5.36. The maximum absolute atomic E-state index is 12.6. The Morgan fingerprint density at radius 1 is 1.00 bits per heavy atom. The van der Waals surface area contributed by atoms with Crippen LogP contribution in [0.2, 0.25) is 0 Å². The molecule has 0 heterocycles. The number of carbonyl (C=O) groups excluding carboxylic acids is 2. The molecule has 3 aromatic carbocycles. The van der Waals surface area contributed by atoms with Gasteiger partial charge in [0.05, 0.1) is 12.3 Å². The molecule has 1 aliphatic rings. The molecule has 2 amide bonds. The topological polar surface area (TPSA) is 114 Å². The average Bonchev–Trinajstić information content (AvgIpc) is 3.17. The van der Waals surface area contributed by atoms with Gasteiger partial charge in [0, 0.05) is 23.1 Å². The summed E-state index contributed by atoms with van der Waals surface area (Å²) in [5.74, 6) is -1.91. The molecule has 0 saturated heterocycles. The molecule has 0 aromatic heterocycles. The van der Waals surface area contributed by atoms with Crippen LogP contribution in [0.25, 0.3) is 11.1 Å². The number of amides is 2. The molecule has 1 aliphatic carbocycles. The fourth-order valence-corrected chi connectivity index (χ4v) is 4.44. The highest BCUT2D eigenvalue weighted by Gasteiger charge is 2.29. The van der Waals surface area contributed by atoms with Crippen LogP contribution in [0, 0.1) is 0 Å². The van der Waals surface area contributed by atoms with Gasteiger partial charge in [-0.1, -0.05) is 48.5 Å². The molecular weight excluding hydrogens is 516 g/mol. The van der Waals surface area contributed by atoms with Crippen LogP contribution in [-0.4, -0.2) is 49.4 Å². The van der Waals surface area contributed by atoms with Crippen LogP contribution in [0.5, 0.6) is 0 Å². The first-order valence-corrected chi connectivity index (χ1v) is 11.6. The Balaban J connectivity index is 1.43. The highest BCUT2D eigenvalue weighted by atomic mass is 79.9. The maximum Gasteiger partial charge on any atom is 0.411 e. The lowest BCUT2D eigenvalue weighted by molar-refractivity contribution is -0.140. The number of aliphatic carboxylic acids is 1. The number of hydrogen-bond donors (Lipinski definition) is 3. The number of hydrogen-bond acceptors (Lipinski definition) is 5. The Morgan fingerprint density at radius 3 is 2.23 bits per heavy atom. The molecule has 3 N–H and O–H groups in total. The van der Waals surface area contributed by atoms with Crippen LogP contribution in [-0.2, 0) is 14.3 Å². The van der Waals surface area contributed by atoms with Crippen molar-refractivity contribution in [1.29, 1.82) is 0 Å². The van der Waals surface area contributed by atoms with Gasteiger partial charge in [0.2, 0.25) is 0 Å². The summed E-state index contributed by atoms with van der Waals surface area (Å²) in [4.78, 5) is 36.4. The number of carboxylic acid groups (broad SMARTS) is 1. The molecule has 4 rings (SSSR count). The average molecular weight is 539 g/mol. The number of benzene rings is 3. The number of anilines is 1. The normalized spacial score (nSPS) is 12.9. The van der Waals surface area contributed by atoms with Crippen molar-refractivity contribution in [2.45, 2.75) is 12.0 Å². The zero-order valence-corrected chi connectivity index (χ0v) is 20.4. The Morgan fingerprint density at radius 2 is 1.63 bits per heavy atom. The van der Waals surface area contributed by atoms with E-state index in [4.69, 9.17) is 9.47 Å². The van der Waals surface area contributed by atoms with Gasteiger partial charge in [-0.05, 0) is 56.4 Å². The van der Waals surface area contributed by atoms with Gasteiger partial charge in [-0.3, -0.25) is 10.1 Å². The molecule has 0 spiro atoms. The summed E-state index contributed by atoms with van der Waals surface area (Å²) in [6.45, 7) is -0.0303. The van der Waals surface area contributed by atoms with E-state index in [9.17, 15) is 19.5 Å². The predicted molar refractivity (Wildman–Crippen MR) is 134 cm³/mol. The van der Waals surface area contributed by atoms with E-state index < -0.39 is 24.0 Å². The number of nitrogens with one attached hydrogen (secondary N) is 2. The largest absolute Gasteiger partial charge is 0.480 e. The molecule has 1 unspecified atom stereocenters. The number of carbonyl (C=O) groups is 3. The molecule has 9 heteroatoms. The zero-order valence-electron chi connectivity index (χ0n) is 18.8. The van der Waals surface area contributed by atoms with Gasteiger partial charge in [0.25, 0.3) is 5.91 Å². The molecule has 8 nitrogen and oxygen atoms in total. The second kappa shape index (κ2) is 10.7. The van der Waals surface area contributed by atoms with Gasteiger partial charge in [-0.25, -0.2) is 9.59 Å². The summed E-state index contributed by atoms with van der Waals surface area (Å²) < 4.78 is 10.9. The van der Waals surface area contributed by atoms with Crippen molar-refractivity contribution in [3.8, 4) is 11.1 Å². The van der Waals surface area contributed by atoms with Crippen molar-refractivity contribution in [3.63, 3.8) is 0 Å². The number of rotatable bonds is 8. The summed E-state index contributed by atoms with van der Waals surface area (Å²) in [5, 5.41) is 14.3. The highest BCUT2D eigenvalue weighted by molar-refractivity contribution is 9.10. The van der Waals surface area contributed by atoms with Gasteiger partial charge in [-0.2, -0.15) is 0 Å². The summed E-state index contributed by atoms with van der Waals surface area (Å²) >= 11 is 3.35. The van der Waals surface area contributed by atoms with Crippen molar-refractivity contribution in [3.05, 3.63) is 87.9 Å². The number of ether oxygens (including phenoxy) is 2. The Kier molecular flexibility index (Phi) is 7.48. The van der Waals surface area contributed by atoms with Crippen molar-refractivity contribution in [2.75, 3.05) is 25.6 Å². The molecule has 1 atom stereocenters. The summed E-state index contributed by atoms with van der Waals surface area (Å²) in [6.07, 6.45) is -0.673. The van der Waals surface area contributed by atoms with Gasteiger partial charge < -0.3 is 19.9 Å². The van der Waals surface area contributed by atoms with Crippen LogP contribution in [0.3, 0.4) is 0 Å². The summed E-state index contributed by atoms with van der Waals surface area (Å²) in [5.41, 5.74) is 4.95. The molecule has 0 bridgehead atoms. The Hall–Kier alpha value is -3.69. The summed E-state index contributed by atoms with van der Waals surface area (Å²) in [6, 6.07) is 19.4. The molecule has 0 saturated carbocycles. The quantitative estimate of drug-likeness (QED) is 0.385. The van der Waals surface area contributed by atoms with Crippen molar-refractivity contribution in [1.82, 2.24) is 5.32 Å². The highest BCUT2D eigenvalue weighted by Crippen LogP contribution is 2.44. The van der Waals surface area contributed by atoms with Crippen LogP contribution >= 0.6 is 15.9 Å². The summed E-state index contributed by atoms with van der Waals surface area (Å²) in [7, 11) is 1.35. The van der Waals surface area contributed by atoms with E-state index in [-0.39, 0.29) is 24.7 Å². The fraction of sp³-hybridized carbons (Fsp3) is 0.192.